The van der Waals surface area contributed by atoms with E-state index in [0.717, 1.165) is 38.1 Å². The molecule has 0 spiro atoms. The van der Waals surface area contributed by atoms with E-state index in [0.29, 0.717) is 6.04 Å². The molecule has 1 saturated carbocycles. The maximum absolute atomic E-state index is 4.72. The van der Waals surface area contributed by atoms with Crippen LogP contribution in [-0.2, 0) is 6.54 Å². The molecule has 1 aliphatic heterocycles. The van der Waals surface area contributed by atoms with E-state index in [9.17, 15) is 0 Å². The lowest BCUT2D eigenvalue weighted by molar-refractivity contribution is 0.245. The highest BCUT2D eigenvalue weighted by Crippen LogP contribution is 2.28. The molecule has 134 valence electrons. The number of hydrogen-bond acceptors (Lipinski definition) is 2. The van der Waals surface area contributed by atoms with Gasteiger partial charge in [-0.25, -0.2) is 0 Å². The van der Waals surface area contributed by atoms with Gasteiger partial charge in [0.1, 0.15) is 0 Å². The Kier molecular flexibility index (Phi) is 8.32. The van der Waals surface area contributed by atoms with Crippen molar-refractivity contribution in [2.24, 2.45) is 10.9 Å². The molecule has 3 rings (SSSR count). The Morgan fingerprint density at radius 1 is 1.17 bits per heavy atom. The Balaban J connectivity index is 0.00000208. The van der Waals surface area contributed by atoms with Gasteiger partial charge in [-0.2, -0.15) is 0 Å². The Bertz CT molecular complexity index is 501. The average Bonchev–Trinajstić information content (AvgIpc) is 3.31. The zero-order chi connectivity index (χ0) is 15.9. The third-order valence-electron chi connectivity index (χ3n) is 4.78. The summed E-state index contributed by atoms with van der Waals surface area (Å²) < 4.78 is 0. The fourth-order valence-corrected chi connectivity index (χ4v) is 3.23. The Labute approximate surface area is 163 Å². The van der Waals surface area contributed by atoms with E-state index in [1.165, 1.54) is 37.8 Å². The summed E-state index contributed by atoms with van der Waals surface area (Å²) in [5, 5.41) is 6.93. The third kappa shape index (κ3) is 6.24. The van der Waals surface area contributed by atoms with Gasteiger partial charge in [0, 0.05) is 32.2 Å². The van der Waals surface area contributed by atoms with Crippen LogP contribution < -0.4 is 10.6 Å². The number of benzene rings is 1. The molecular formula is C19H31IN4. The maximum Gasteiger partial charge on any atom is 0.191 e. The first-order valence-electron chi connectivity index (χ1n) is 9.15. The number of rotatable bonds is 7. The van der Waals surface area contributed by atoms with Gasteiger partial charge in [0.25, 0.3) is 0 Å². The second-order valence-electron chi connectivity index (χ2n) is 6.80. The molecule has 1 aromatic rings. The fraction of sp³-hybridized carbons (Fsp3) is 0.632. The first kappa shape index (κ1) is 19.5. The second kappa shape index (κ2) is 10.2. The van der Waals surface area contributed by atoms with E-state index in [2.05, 4.69) is 52.8 Å². The van der Waals surface area contributed by atoms with Gasteiger partial charge >= 0.3 is 0 Å². The molecule has 0 amide bonds. The van der Waals surface area contributed by atoms with E-state index < -0.39 is 0 Å². The highest BCUT2D eigenvalue weighted by molar-refractivity contribution is 14.0. The van der Waals surface area contributed by atoms with Crippen LogP contribution in [0.1, 0.15) is 38.2 Å². The van der Waals surface area contributed by atoms with Crippen LogP contribution in [-0.4, -0.2) is 43.1 Å². The summed E-state index contributed by atoms with van der Waals surface area (Å²) in [4.78, 5) is 7.33. The summed E-state index contributed by atoms with van der Waals surface area (Å²) in [5.74, 6) is 1.83. The molecule has 4 nitrogen and oxygen atoms in total. The summed E-state index contributed by atoms with van der Waals surface area (Å²) in [6.07, 6.45) is 5.30. The Hall–Kier alpha value is -0.820. The van der Waals surface area contributed by atoms with Crippen molar-refractivity contribution in [2.75, 3.05) is 26.2 Å². The molecule has 2 fully saturated rings. The number of likely N-dealkylation sites (tertiary alicyclic amines) is 1. The lowest BCUT2D eigenvalue weighted by Crippen LogP contribution is -2.44. The van der Waals surface area contributed by atoms with E-state index in [1.807, 2.05) is 0 Å². The van der Waals surface area contributed by atoms with Crippen molar-refractivity contribution in [1.82, 2.24) is 15.5 Å². The van der Waals surface area contributed by atoms with Crippen LogP contribution in [0.3, 0.4) is 0 Å². The number of nitrogens with one attached hydrogen (secondary N) is 2. The van der Waals surface area contributed by atoms with E-state index in [4.69, 9.17) is 4.99 Å². The van der Waals surface area contributed by atoms with Crippen molar-refractivity contribution in [3.05, 3.63) is 35.9 Å². The average molecular weight is 442 g/mol. The van der Waals surface area contributed by atoms with Crippen LogP contribution in [0.5, 0.6) is 0 Å². The van der Waals surface area contributed by atoms with Gasteiger partial charge in [-0.05, 0) is 50.6 Å². The molecule has 1 saturated heterocycles. The standard InChI is InChI=1S/C19H30N4.HI/c1-2-20-19(21-13-16-10-11-16)22-14-18-9-6-12-23(18)15-17-7-4-3-5-8-17;/h3-5,7-8,16,18H,2,6,9-15H2,1H3,(H2,20,21,22);1H. The SMILES string of the molecule is CCNC(=NCC1CC1)NCC1CCCN1Cc1ccccc1.I. The molecule has 5 heteroatoms. The molecule has 24 heavy (non-hydrogen) atoms. The van der Waals surface area contributed by atoms with Crippen molar-refractivity contribution in [3.8, 4) is 0 Å². The molecule has 1 heterocycles. The van der Waals surface area contributed by atoms with Crippen molar-refractivity contribution in [3.63, 3.8) is 0 Å². The molecular weight excluding hydrogens is 411 g/mol. The van der Waals surface area contributed by atoms with Crippen LogP contribution in [0.15, 0.2) is 35.3 Å². The van der Waals surface area contributed by atoms with Gasteiger partial charge in [0.2, 0.25) is 0 Å². The Morgan fingerprint density at radius 2 is 1.96 bits per heavy atom. The molecule has 0 radical (unpaired) electrons. The van der Waals surface area contributed by atoms with Gasteiger partial charge in [-0.1, -0.05) is 30.3 Å². The first-order chi connectivity index (χ1) is 11.3. The lowest BCUT2D eigenvalue weighted by Gasteiger charge is -2.25. The van der Waals surface area contributed by atoms with Crippen molar-refractivity contribution in [1.29, 1.82) is 0 Å². The molecule has 1 unspecified atom stereocenters. The smallest absolute Gasteiger partial charge is 0.191 e. The van der Waals surface area contributed by atoms with Crippen molar-refractivity contribution in [2.45, 2.75) is 45.2 Å². The summed E-state index contributed by atoms with van der Waals surface area (Å²) in [6.45, 7) is 7.29. The van der Waals surface area contributed by atoms with Crippen LogP contribution >= 0.6 is 24.0 Å². The zero-order valence-corrected chi connectivity index (χ0v) is 17.0. The van der Waals surface area contributed by atoms with Crippen LogP contribution in [0, 0.1) is 5.92 Å². The van der Waals surface area contributed by atoms with Crippen LogP contribution in [0.4, 0.5) is 0 Å². The predicted octanol–water partition coefficient (Wildman–Crippen LogP) is 3.23. The normalized spacial score (nSPS) is 21.4. The zero-order valence-electron chi connectivity index (χ0n) is 14.7. The summed E-state index contributed by atoms with van der Waals surface area (Å²) in [7, 11) is 0. The van der Waals surface area contributed by atoms with Gasteiger partial charge in [-0.15, -0.1) is 24.0 Å². The van der Waals surface area contributed by atoms with Gasteiger partial charge in [0.05, 0.1) is 0 Å². The summed E-state index contributed by atoms with van der Waals surface area (Å²) in [5.41, 5.74) is 1.41. The van der Waals surface area contributed by atoms with Gasteiger partial charge < -0.3 is 10.6 Å². The number of nitrogens with zero attached hydrogens (tertiary/aromatic N) is 2. The predicted molar refractivity (Wildman–Crippen MR) is 112 cm³/mol. The minimum Gasteiger partial charge on any atom is -0.357 e. The largest absolute Gasteiger partial charge is 0.357 e. The molecule has 1 aliphatic carbocycles. The highest BCUT2D eigenvalue weighted by atomic mass is 127. The van der Waals surface area contributed by atoms with Crippen LogP contribution in [0.25, 0.3) is 0 Å². The Morgan fingerprint density at radius 3 is 2.67 bits per heavy atom. The van der Waals surface area contributed by atoms with Gasteiger partial charge in [-0.3, -0.25) is 9.89 Å². The fourth-order valence-electron chi connectivity index (χ4n) is 3.23. The summed E-state index contributed by atoms with van der Waals surface area (Å²) in [6, 6.07) is 11.4. The monoisotopic (exact) mass is 442 g/mol. The highest BCUT2D eigenvalue weighted by Gasteiger charge is 2.25. The van der Waals surface area contributed by atoms with E-state index in [1.54, 1.807) is 0 Å². The van der Waals surface area contributed by atoms with E-state index >= 15 is 0 Å². The molecule has 1 atom stereocenters. The lowest BCUT2D eigenvalue weighted by atomic mass is 10.2. The molecule has 2 N–H and O–H groups in total. The molecule has 1 aromatic carbocycles. The van der Waals surface area contributed by atoms with Crippen LogP contribution in [0.2, 0.25) is 0 Å². The van der Waals surface area contributed by atoms with E-state index in [-0.39, 0.29) is 24.0 Å². The minimum absolute atomic E-state index is 0. The topological polar surface area (TPSA) is 39.7 Å². The third-order valence-corrected chi connectivity index (χ3v) is 4.78. The van der Waals surface area contributed by atoms with Crippen molar-refractivity contribution >= 4 is 29.9 Å². The molecule has 0 aromatic heterocycles. The second-order valence-corrected chi connectivity index (χ2v) is 6.80. The first-order valence-corrected chi connectivity index (χ1v) is 9.15. The maximum atomic E-state index is 4.72. The van der Waals surface area contributed by atoms with Crippen molar-refractivity contribution < 1.29 is 0 Å². The number of guanidine groups is 1. The molecule has 0 bridgehead atoms. The summed E-state index contributed by atoms with van der Waals surface area (Å²) >= 11 is 0. The number of halogens is 1. The number of hydrogen-bond donors (Lipinski definition) is 2. The number of aliphatic imine (C=N–C) groups is 1. The quantitative estimate of drug-likeness (QED) is 0.387. The minimum atomic E-state index is 0. The molecule has 2 aliphatic rings. The van der Waals surface area contributed by atoms with Gasteiger partial charge in [0.15, 0.2) is 5.96 Å².